The van der Waals surface area contributed by atoms with Crippen LogP contribution in [0, 0.1) is 5.82 Å². The quantitative estimate of drug-likeness (QED) is 0.902. The molecule has 1 aromatic carbocycles. The highest BCUT2D eigenvalue weighted by Crippen LogP contribution is 2.21. The van der Waals surface area contributed by atoms with E-state index >= 15 is 0 Å². The Bertz CT molecular complexity index is 556. The number of halogens is 2. The highest BCUT2D eigenvalue weighted by molar-refractivity contribution is 9.10. The van der Waals surface area contributed by atoms with E-state index in [0.29, 0.717) is 18.0 Å². The van der Waals surface area contributed by atoms with Gasteiger partial charge in [-0.2, -0.15) is 0 Å². The number of nitrogens with one attached hydrogen (secondary N) is 1. The molecular formula is C14H16BrFN2O. The number of hydrogen-bond acceptors (Lipinski definition) is 3. The van der Waals surface area contributed by atoms with E-state index < -0.39 is 0 Å². The zero-order chi connectivity index (χ0) is 13.8. The lowest BCUT2D eigenvalue weighted by Crippen LogP contribution is -2.19. The third kappa shape index (κ3) is 3.64. The number of rotatable bonds is 5. The summed E-state index contributed by atoms with van der Waals surface area (Å²) in [5.41, 5.74) is 0.630. The second-order valence-electron chi connectivity index (χ2n) is 4.34. The normalized spacial score (nSPS) is 12.6. The molecule has 0 spiro atoms. The second kappa shape index (κ2) is 6.30. The summed E-state index contributed by atoms with van der Waals surface area (Å²) in [6.45, 7) is 4.41. The summed E-state index contributed by atoms with van der Waals surface area (Å²) < 4.78 is 20.0. The second-order valence-corrected chi connectivity index (χ2v) is 5.26. The van der Waals surface area contributed by atoms with E-state index in [-0.39, 0.29) is 11.9 Å². The summed E-state index contributed by atoms with van der Waals surface area (Å²) in [4.78, 5) is 4.16. The Balaban J connectivity index is 1.98. The molecule has 0 amide bonds. The largest absolute Gasteiger partial charge is 0.444 e. The smallest absolute Gasteiger partial charge is 0.208 e. The lowest BCUT2D eigenvalue weighted by molar-refractivity contribution is 0.420. The molecule has 0 saturated heterocycles. The number of oxazole rings is 1. The lowest BCUT2D eigenvalue weighted by Gasteiger charge is -2.14. The molecule has 102 valence electrons. The van der Waals surface area contributed by atoms with Crippen molar-refractivity contribution in [3.8, 4) is 0 Å². The highest BCUT2D eigenvalue weighted by atomic mass is 79.9. The minimum atomic E-state index is -0.226. The maximum atomic E-state index is 13.8. The van der Waals surface area contributed by atoms with Crippen LogP contribution in [-0.4, -0.2) is 4.98 Å². The molecule has 2 aromatic rings. The van der Waals surface area contributed by atoms with Gasteiger partial charge in [0.25, 0.3) is 0 Å². The first-order chi connectivity index (χ1) is 9.10. The summed E-state index contributed by atoms with van der Waals surface area (Å²) >= 11 is 3.25. The molecule has 3 nitrogen and oxygen atoms in total. The number of nitrogens with zero attached hydrogens (tertiary/aromatic N) is 1. The number of aryl methyl sites for hydroxylation is 1. The van der Waals surface area contributed by atoms with Gasteiger partial charge < -0.3 is 9.73 Å². The van der Waals surface area contributed by atoms with Crippen molar-refractivity contribution in [1.82, 2.24) is 10.3 Å². The fraction of sp³-hybridized carbons (Fsp3) is 0.357. The first-order valence-electron chi connectivity index (χ1n) is 6.22. The van der Waals surface area contributed by atoms with E-state index in [0.717, 1.165) is 16.7 Å². The van der Waals surface area contributed by atoms with Crippen molar-refractivity contribution in [2.75, 3.05) is 0 Å². The van der Waals surface area contributed by atoms with Gasteiger partial charge in [0.05, 0.1) is 12.7 Å². The van der Waals surface area contributed by atoms with Gasteiger partial charge in [0.1, 0.15) is 11.6 Å². The molecule has 1 unspecified atom stereocenters. The Morgan fingerprint density at radius 1 is 1.47 bits per heavy atom. The monoisotopic (exact) mass is 326 g/mol. The molecule has 0 aliphatic heterocycles. The number of benzene rings is 1. The molecule has 0 aliphatic carbocycles. The Morgan fingerprint density at radius 3 is 2.89 bits per heavy atom. The van der Waals surface area contributed by atoms with Gasteiger partial charge in [-0.1, -0.05) is 28.9 Å². The molecule has 0 saturated carbocycles. The first-order valence-corrected chi connectivity index (χ1v) is 7.01. The lowest BCUT2D eigenvalue weighted by atomic mass is 10.1. The van der Waals surface area contributed by atoms with Crippen molar-refractivity contribution < 1.29 is 8.81 Å². The van der Waals surface area contributed by atoms with Crippen LogP contribution >= 0.6 is 15.9 Å². The summed E-state index contributed by atoms with van der Waals surface area (Å²) in [6.07, 6.45) is 2.55. The van der Waals surface area contributed by atoms with Crippen LogP contribution in [0.2, 0.25) is 0 Å². The van der Waals surface area contributed by atoms with E-state index in [9.17, 15) is 4.39 Å². The summed E-state index contributed by atoms with van der Waals surface area (Å²) in [7, 11) is 0. The van der Waals surface area contributed by atoms with Gasteiger partial charge in [-0.25, -0.2) is 9.37 Å². The molecule has 19 heavy (non-hydrogen) atoms. The van der Waals surface area contributed by atoms with E-state index in [2.05, 4.69) is 26.2 Å². The van der Waals surface area contributed by atoms with Crippen LogP contribution in [0.1, 0.15) is 37.1 Å². The molecule has 1 heterocycles. The van der Waals surface area contributed by atoms with Crippen molar-refractivity contribution in [3.05, 3.63) is 51.9 Å². The minimum Gasteiger partial charge on any atom is -0.444 e. The Hall–Kier alpha value is -1.20. The van der Waals surface area contributed by atoms with Gasteiger partial charge in [0.2, 0.25) is 5.89 Å². The zero-order valence-corrected chi connectivity index (χ0v) is 12.5. The van der Waals surface area contributed by atoms with Crippen LogP contribution < -0.4 is 5.32 Å². The van der Waals surface area contributed by atoms with Crippen LogP contribution in [-0.2, 0) is 13.0 Å². The molecule has 1 N–H and O–H groups in total. The van der Waals surface area contributed by atoms with Crippen molar-refractivity contribution in [3.63, 3.8) is 0 Å². The Labute approximate surface area is 120 Å². The summed E-state index contributed by atoms with van der Waals surface area (Å²) in [6, 6.07) is 4.96. The van der Waals surface area contributed by atoms with Crippen LogP contribution in [0.4, 0.5) is 4.39 Å². The van der Waals surface area contributed by atoms with E-state index in [1.807, 2.05) is 19.9 Å². The summed E-state index contributed by atoms with van der Waals surface area (Å²) in [5, 5.41) is 3.20. The van der Waals surface area contributed by atoms with Gasteiger partial charge in [0, 0.05) is 22.5 Å². The molecule has 0 radical (unpaired) electrons. The third-order valence-corrected chi connectivity index (χ3v) is 3.43. The Morgan fingerprint density at radius 2 is 2.26 bits per heavy atom. The molecule has 1 atom stereocenters. The van der Waals surface area contributed by atoms with E-state index in [1.165, 1.54) is 6.07 Å². The molecule has 0 bridgehead atoms. The van der Waals surface area contributed by atoms with E-state index in [4.69, 9.17) is 4.42 Å². The summed E-state index contributed by atoms with van der Waals surface area (Å²) in [5.74, 6) is 1.26. The topological polar surface area (TPSA) is 38.1 Å². The SMILES string of the molecule is CCc1cnc(CNC(C)c2ccc(Br)cc2F)o1. The maximum absolute atomic E-state index is 13.8. The number of hydrogen-bond donors (Lipinski definition) is 1. The molecule has 5 heteroatoms. The molecular weight excluding hydrogens is 311 g/mol. The highest BCUT2D eigenvalue weighted by Gasteiger charge is 2.12. The van der Waals surface area contributed by atoms with E-state index in [1.54, 1.807) is 12.3 Å². The average molecular weight is 327 g/mol. The fourth-order valence-electron chi connectivity index (χ4n) is 1.80. The van der Waals surface area contributed by atoms with Gasteiger partial charge in [-0.3, -0.25) is 0 Å². The maximum Gasteiger partial charge on any atom is 0.208 e. The molecule has 0 fully saturated rings. The van der Waals surface area contributed by atoms with Crippen molar-refractivity contribution in [2.45, 2.75) is 32.9 Å². The van der Waals surface area contributed by atoms with Crippen molar-refractivity contribution in [1.29, 1.82) is 0 Å². The Kier molecular flexibility index (Phi) is 4.71. The van der Waals surface area contributed by atoms with Gasteiger partial charge in [-0.15, -0.1) is 0 Å². The average Bonchev–Trinajstić information content (AvgIpc) is 2.84. The van der Waals surface area contributed by atoms with Gasteiger partial charge >= 0.3 is 0 Å². The predicted octanol–water partition coefficient (Wildman–Crippen LogP) is 3.99. The zero-order valence-electron chi connectivity index (χ0n) is 10.9. The van der Waals surface area contributed by atoms with Gasteiger partial charge in [0.15, 0.2) is 0 Å². The molecule has 0 aliphatic rings. The fourth-order valence-corrected chi connectivity index (χ4v) is 2.13. The van der Waals surface area contributed by atoms with Gasteiger partial charge in [-0.05, 0) is 19.1 Å². The van der Waals surface area contributed by atoms with Crippen LogP contribution in [0.5, 0.6) is 0 Å². The third-order valence-electron chi connectivity index (χ3n) is 2.94. The number of aromatic nitrogens is 1. The predicted molar refractivity (Wildman–Crippen MR) is 75.2 cm³/mol. The minimum absolute atomic E-state index is 0.106. The van der Waals surface area contributed by atoms with Crippen molar-refractivity contribution in [2.24, 2.45) is 0 Å². The van der Waals surface area contributed by atoms with Crippen LogP contribution in [0.3, 0.4) is 0 Å². The molecule has 2 rings (SSSR count). The van der Waals surface area contributed by atoms with Crippen LogP contribution in [0.25, 0.3) is 0 Å². The standard InChI is InChI=1S/C14H16BrFN2O/c1-3-11-7-18-14(19-11)8-17-9(2)12-5-4-10(15)6-13(12)16/h4-7,9,17H,3,8H2,1-2H3. The first kappa shape index (κ1) is 14.2. The van der Waals surface area contributed by atoms with Crippen LogP contribution in [0.15, 0.2) is 33.3 Å². The molecule has 1 aromatic heterocycles. The van der Waals surface area contributed by atoms with Crippen molar-refractivity contribution >= 4 is 15.9 Å².